The van der Waals surface area contributed by atoms with Gasteiger partial charge in [0.1, 0.15) is 0 Å². The number of carbonyl (C=O) groups is 1. The summed E-state index contributed by atoms with van der Waals surface area (Å²) in [4.78, 5) is 11.8. The number of Topliss-reactive ketones (excluding diaryl/α,β-unsaturated/α-hetero) is 1. The molecule has 1 aromatic rings. The van der Waals surface area contributed by atoms with Gasteiger partial charge in [-0.2, -0.15) is 0 Å². The lowest BCUT2D eigenvalue weighted by Crippen LogP contribution is -2.24. The van der Waals surface area contributed by atoms with Gasteiger partial charge >= 0.3 is 0 Å². The average Bonchev–Trinajstić information content (AvgIpc) is 2.27. The van der Waals surface area contributed by atoms with Crippen molar-refractivity contribution in [1.82, 2.24) is 5.32 Å². The Labute approximate surface area is 108 Å². The highest BCUT2D eigenvalue weighted by Crippen LogP contribution is 2.16. The third-order valence-electron chi connectivity index (χ3n) is 2.66. The standard InChI is InChI=1S/C14H20ClNO/c1-10(2)6-7-16-9-14(17)12-4-5-13(15)11(3)8-12/h4-5,8,10,16H,6-7,9H2,1-3H3. The number of hydrogen-bond donors (Lipinski definition) is 1. The van der Waals surface area contributed by atoms with Crippen LogP contribution in [0.15, 0.2) is 18.2 Å². The molecule has 0 aliphatic heterocycles. The van der Waals surface area contributed by atoms with Crippen LogP contribution >= 0.6 is 11.6 Å². The molecule has 0 bridgehead atoms. The van der Waals surface area contributed by atoms with Crippen molar-refractivity contribution in [2.75, 3.05) is 13.1 Å². The summed E-state index contributed by atoms with van der Waals surface area (Å²) in [5.74, 6) is 0.781. The van der Waals surface area contributed by atoms with Crippen molar-refractivity contribution in [3.05, 3.63) is 34.3 Å². The molecule has 0 atom stereocenters. The van der Waals surface area contributed by atoms with Crippen LogP contribution in [0.25, 0.3) is 0 Å². The molecule has 0 saturated carbocycles. The van der Waals surface area contributed by atoms with Crippen LogP contribution in [-0.4, -0.2) is 18.9 Å². The van der Waals surface area contributed by atoms with E-state index in [1.54, 1.807) is 12.1 Å². The third-order valence-corrected chi connectivity index (χ3v) is 3.09. The molecular formula is C14H20ClNO. The molecule has 3 heteroatoms. The molecule has 0 radical (unpaired) electrons. The lowest BCUT2D eigenvalue weighted by atomic mass is 10.1. The van der Waals surface area contributed by atoms with Gasteiger partial charge in [0.25, 0.3) is 0 Å². The Bertz CT molecular complexity index is 388. The van der Waals surface area contributed by atoms with Crippen molar-refractivity contribution >= 4 is 17.4 Å². The van der Waals surface area contributed by atoms with E-state index in [1.165, 1.54) is 0 Å². The van der Waals surface area contributed by atoms with Crippen LogP contribution in [0.5, 0.6) is 0 Å². The first kappa shape index (κ1) is 14.2. The van der Waals surface area contributed by atoms with E-state index in [-0.39, 0.29) is 5.78 Å². The molecule has 94 valence electrons. The minimum absolute atomic E-state index is 0.119. The summed E-state index contributed by atoms with van der Waals surface area (Å²) in [6.45, 7) is 7.53. The molecule has 2 nitrogen and oxygen atoms in total. The third kappa shape index (κ3) is 4.88. The van der Waals surface area contributed by atoms with Gasteiger partial charge in [0.05, 0.1) is 6.54 Å². The predicted octanol–water partition coefficient (Wildman–Crippen LogP) is 3.47. The summed E-state index contributed by atoms with van der Waals surface area (Å²) < 4.78 is 0. The van der Waals surface area contributed by atoms with E-state index in [2.05, 4.69) is 19.2 Å². The molecule has 1 N–H and O–H groups in total. The molecule has 0 fully saturated rings. The van der Waals surface area contributed by atoms with Gasteiger partial charge in [0.2, 0.25) is 0 Å². The maximum atomic E-state index is 11.8. The van der Waals surface area contributed by atoms with E-state index in [0.717, 1.165) is 24.1 Å². The summed E-state index contributed by atoms with van der Waals surface area (Å²) in [7, 11) is 0. The molecule has 0 saturated heterocycles. The van der Waals surface area contributed by atoms with E-state index in [1.807, 2.05) is 13.0 Å². The summed E-state index contributed by atoms with van der Waals surface area (Å²) in [6.07, 6.45) is 1.09. The molecular weight excluding hydrogens is 234 g/mol. The first-order valence-corrected chi connectivity index (χ1v) is 6.38. The molecule has 0 heterocycles. The first-order valence-electron chi connectivity index (χ1n) is 6.00. The zero-order valence-electron chi connectivity index (χ0n) is 10.7. The number of ketones is 1. The highest BCUT2D eigenvalue weighted by Gasteiger charge is 2.06. The van der Waals surface area contributed by atoms with Crippen LogP contribution < -0.4 is 5.32 Å². The van der Waals surface area contributed by atoms with Crippen LogP contribution in [0.3, 0.4) is 0 Å². The lowest BCUT2D eigenvalue weighted by molar-refractivity contribution is 0.0991. The summed E-state index contributed by atoms with van der Waals surface area (Å²) in [5, 5.41) is 3.87. The number of halogens is 1. The summed E-state index contributed by atoms with van der Waals surface area (Å²) in [5.41, 5.74) is 1.67. The van der Waals surface area contributed by atoms with Crippen LogP contribution in [0.4, 0.5) is 0 Å². The highest BCUT2D eigenvalue weighted by atomic mass is 35.5. The Morgan fingerprint density at radius 1 is 1.41 bits per heavy atom. The lowest BCUT2D eigenvalue weighted by Gasteiger charge is -2.07. The van der Waals surface area contributed by atoms with Crippen LogP contribution in [-0.2, 0) is 0 Å². The second kappa shape index (κ2) is 6.77. The van der Waals surface area contributed by atoms with Gasteiger partial charge < -0.3 is 5.32 Å². The Hall–Kier alpha value is -0.860. The maximum absolute atomic E-state index is 11.8. The van der Waals surface area contributed by atoms with Crippen molar-refractivity contribution < 1.29 is 4.79 Å². The van der Waals surface area contributed by atoms with Crippen molar-refractivity contribution in [3.8, 4) is 0 Å². The zero-order chi connectivity index (χ0) is 12.8. The molecule has 1 rings (SSSR count). The van der Waals surface area contributed by atoms with Crippen molar-refractivity contribution in [3.63, 3.8) is 0 Å². The largest absolute Gasteiger partial charge is 0.310 e. The summed E-state index contributed by atoms with van der Waals surface area (Å²) in [6, 6.07) is 5.40. The Morgan fingerprint density at radius 2 is 2.12 bits per heavy atom. The second-order valence-corrected chi connectivity index (χ2v) is 5.15. The molecule has 1 aromatic carbocycles. The van der Waals surface area contributed by atoms with E-state index < -0.39 is 0 Å². The number of carbonyl (C=O) groups excluding carboxylic acids is 1. The quantitative estimate of drug-likeness (QED) is 0.621. The Kier molecular flexibility index (Phi) is 5.66. The molecule has 0 spiro atoms. The Balaban J connectivity index is 2.44. The minimum atomic E-state index is 0.119. The molecule has 17 heavy (non-hydrogen) atoms. The van der Waals surface area contributed by atoms with Gasteiger partial charge in [0, 0.05) is 10.6 Å². The topological polar surface area (TPSA) is 29.1 Å². The fourth-order valence-electron chi connectivity index (χ4n) is 1.51. The van der Waals surface area contributed by atoms with Crippen molar-refractivity contribution in [1.29, 1.82) is 0 Å². The first-order chi connectivity index (χ1) is 8.00. The van der Waals surface area contributed by atoms with E-state index in [4.69, 9.17) is 11.6 Å². The fraction of sp³-hybridized carbons (Fsp3) is 0.500. The molecule has 0 amide bonds. The molecule has 0 unspecified atom stereocenters. The number of rotatable bonds is 6. The minimum Gasteiger partial charge on any atom is -0.310 e. The summed E-state index contributed by atoms with van der Waals surface area (Å²) >= 11 is 5.92. The zero-order valence-corrected chi connectivity index (χ0v) is 11.5. The molecule has 0 aliphatic carbocycles. The van der Waals surface area contributed by atoms with E-state index >= 15 is 0 Å². The van der Waals surface area contributed by atoms with Gasteiger partial charge in [-0.05, 0) is 49.6 Å². The van der Waals surface area contributed by atoms with Gasteiger partial charge in [-0.1, -0.05) is 25.4 Å². The molecule has 0 aromatic heterocycles. The van der Waals surface area contributed by atoms with Gasteiger partial charge in [0.15, 0.2) is 5.78 Å². The van der Waals surface area contributed by atoms with Crippen LogP contribution in [0, 0.1) is 12.8 Å². The normalized spacial score (nSPS) is 10.9. The fourth-order valence-corrected chi connectivity index (χ4v) is 1.63. The number of hydrogen-bond acceptors (Lipinski definition) is 2. The number of benzene rings is 1. The predicted molar refractivity (Wildman–Crippen MR) is 72.8 cm³/mol. The SMILES string of the molecule is Cc1cc(C(=O)CNCCC(C)C)ccc1Cl. The van der Waals surface area contributed by atoms with Gasteiger partial charge in [-0.25, -0.2) is 0 Å². The van der Waals surface area contributed by atoms with E-state index in [9.17, 15) is 4.79 Å². The Morgan fingerprint density at radius 3 is 2.71 bits per heavy atom. The number of aryl methyl sites for hydroxylation is 1. The van der Waals surface area contributed by atoms with Crippen molar-refractivity contribution in [2.45, 2.75) is 27.2 Å². The smallest absolute Gasteiger partial charge is 0.176 e. The molecule has 0 aliphatic rings. The van der Waals surface area contributed by atoms with Gasteiger partial charge in [-0.3, -0.25) is 4.79 Å². The maximum Gasteiger partial charge on any atom is 0.176 e. The average molecular weight is 254 g/mol. The second-order valence-electron chi connectivity index (χ2n) is 4.75. The van der Waals surface area contributed by atoms with E-state index in [0.29, 0.717) is 17.5 Å². The van der Waals surface area contributed by atoms with Gasteiger partial charge in [-0.15, -0.1) is 0 Å². The monoisotopic (exact) mass is 253 g/mol. The van der Waals surface area contributed by atoms with Crippen LogP contribution in [0.1, 0.15) is 36.2 Å². The van der Waals surface area contributed by atoms with Crippen LogP contribution in [0.2, 0.25) is 5.02 Å². The highest BCUT2D eigenvalue weighted by molar-refractivity contribution is 6.31. The van der Waals surface area contributed by atoms with Crippen molar-refractivity contribution in [2.24, 2.45) is 5.92 Å². The number of nitrogens with one attached hydrogen (secondary N) is 1.